The number of nitrogens with zero attached hydrogens (tertiary/aromatic N) is 1. The molecule has 1 aromatic carbocycles. The minimum absolute atomic E-state index is 0.149. The summed E-state index contributed by atoms with van der Waals surface area (Å²) in [4.78, 5) is 16.9. The highest BCUT2D eigenvalue weighted by atomic mass is 79.9. The highest BCUT2D eigenvalue weighted by Crippen LogP contribution is 2.28. The average Bonchev–Trinajstić information content (AvgIpc) is 2.37. The second-order valence-electron chi connectivity index (χ2n) is 5.40. The molecule has 0 unspecified atom stereocenters. The molecule has 21 heavy (non-hydrogen) atoms. The lowest BCUT2D eigenvalue weighted by Gasteiger charge is -2.26. The molecule has 0 aliphatic heterocycles. The first-order valence-electron chi connectivity index (χ1n) is 6.51. The SMILES string of the molecule is Cc1cc(Br)c(C(=O)NC(C)(C)c2ccccn2)c(Br)c1. The molecule has 1 amide bonds. The maximum absolute atomic E-state index is 12.6. The van der Waals surface area contributed by atoms with Crippen molar-refractivity contribution in [2.24, 2.45) is 0 Å². The minimum Gasteiger partial charge on any atom is -0.341 e. The van der Waals surface area contributed by atoms with E-state index in [1.807, 2.05) is 51.1 Å². The summed E-state index contributed by atoms with van der Waals surface area (Å²) >= 11 is 6.91. The van der Waals surface area contributed by atoms with E-state index < -0.39 is 5.54 Å². The standard InChI is InChI=1S/C16H16Br2N2O/c1-10-8-11(17)14(12(18)9-10)15(21)20-16(2,3)13-6-4-5-7-19-13/h4-9H,1-3H3,(H,20,21). The maximum atomic E-state index is 12.6. The molecule has 1 heterocycles. The van der Waals surface area contributed by atoms with Crippen LogP contribution in [0.3, 0.4) is 0 Å². The van der Waals surface area contributed by atoms with Gasteiger partial charge in [-0.05, 0) is 82.5 Å². The van der Waals surface area contributed by atoms with Crippen LogP contribution in [0.4, 0.5) is 0 Å². The van der Waals surface area contributed by atoms with Crippen LogP contribution in [0.1, 0.15) is 35.5 Å². The van der Waals surface area contributed by atoms with Crippen molar-refractivity contribution in [3.05, 3.63) is 62.3 Å². The predicted molar refractivity (Wildman–Crippen MR) is 91.3 cm³/mol. The van der Waals surface area contributed by atoms with Gasteiger partial charge in [0.15, 0.2) is 0 Å². The normalized spacial score (nSPS) is 11.3. The molecule has 0 saturated heterocycles. The van der Waals surface area contributed by atoms with Crippen LogP contribution in [0, 0.1) is 6.92 Å². The number of carbonyl (C=O) groups is 1. The zero-order chi connectivity index (χ0) is 15.6. The van der Waals surface area contributed by atoms with Crippen LogP contribution in [-0.2, 0) is 5.54 Å². The van der Waals surface area contributed by atoms with Crippen molar-refractivity contribution in [2.45, 2.75) is 26.3 Å². The number of nitrogens with one attached hydrogen (secondary N) is 1. The van der Waals surface area contributed by atoms with Crippen molar-refractivity contribution in [2.75, 3.05) is 0 Å². The summed E-state index contributed by atoms with van der Waals surface area (Å²) in [5.41, 5.74) is 1.93. The molecule has 0 radical (unpaired) electrons. The van der Waals surface area contributed by atoms with E-state index in [0.29, 0.717) is 5.56 Å². The van der Waals surface area contributed by atoms with Crippen LogP contribution >= 0.6 is 31.9 Å². The summed E-state index contributed by atoms with van der Waals surface area (Å²) in [5, 5.41) is 3.03. The first kappa shape index (κ1) is 16.2. The molecule has 2 rings (SSSR count). The fourth-order valence-corrected chi connectivity index (χ4v) is 3.84. The summed E-state index contributed by atoms with van der Waals surface area (Å²) in [5.74, 6) is -0.149. The van der Waals surface area contributed by atoms with E-state index in [4.69, 9.17) is 0 Å². The van der Waals surface area contributed by atoms with E-state index in [2.05, 4.69) is 42.2 Å². The van der Waals surface area contributed by atoms with Gasteiger partial charge in [-0.3, -0.25) is 9.78 Å². The van der Waals surface area contributed by atoms with Crippen molar-refractivity contribution in [3.63, 3.8) is 0 Å². The third kappa shape index (κ3) is 3.71. The molecule has 1 aromatic heterocycles. The van der Waals surface area contributed by atoms with Gasteiger partial charge in [0.05, 0.1) is 16.8 Å². The summed E-state index contributed by atoms with van der Waals surface area (Å²) < 4.78 is 1.53. The highest BCUT2D eigenvalue weighted by Gasteiger charge is 2.26. The molecule has 2 aromatic rings. The number of amides is 1. The van der Waals surface area contributed by atoms with Crippen molar-refractivity contribution < 1.29 is 4.79 Å². The Morgan fingerprint density at radius 3 is 2.33 bits per heavy atom. The van der Waals surface area contributed by atoms with Crippen LogP contribution < -0.4 is 5.32 Å². The Morgan fingerprint density at radius 2 is 1.81 bits per heavy atom. The van der Waals surface area contributed by atoms with Gasteiger partial charge in [0, 0.05) is 15.1 Å². The van der Waals surface area contributed by atoms with Gasteiger partial charge >= 0.3 is 0 Å². The Morgan fingerprint density at radius 1 is 1.19 bits per heavy atom. The quantitative estimate of drug-likeness (QED) is 0.802. The van der Waals surface area contributed by atoms with E-state index in [9.17, 15) is 4.79 Å². The number of halogens is 2. The number of pyridine rings is 1. The van der Waals surface area contributed by atoms with Gasteiger partial charge < -0.3 is 5.32 Å². The zero-order valence-electron chi connectivity index (χ0n) is 12.1. The largest absolute Gasteiger partial charge is 0.341 e. The van der Waals surface area contributed by atoms with Crippen molar-refractivity contribution in [1.29, 1.82) is 0 Å². The number of aromatic nitrogens is 1. The van der Waals surface area contributed by atoms with Gasteiger partial charge in [-0.25, -0.2) is 0 Å². The maximum Gasteiger partial charge on any atom is 0.254 e. The lowest BCUT2D eigenvalue weighted by Crippen LogP contribution is -2.41. The first-order valence-corrected chi connectivity index (χ1v) is 8.09. The monoisotopic (exact) mass is 410 g/mol. The van der Waals surface area contributed by atoms with Crippen molar-refractivity contribution in [3.8, 4) is 0 Å². The molecule has 0 aliphatic rings. The molecule has 110 valence electrons. The third-order valence-corrected chi connectivity index (χ3v) is 4.40. The summed E-state index contributed by atoms with van der Waals surface area (Å²) in [6.45, 7) is 5.85. The van der Waals surface area contributed by atoms with E-state index in [1.54, 1.807) is 6.20 Å². The second-order valence-corrected chi connectivity index (χ2v) is 7.11. The van der Waals surface area contributed by atoms with E-state index in [-0.39, 0.29) is 5.91 Å². The highest BCUT2D eigenvalue weighted by molar-refractivity contribution is 9.11. The average molecular weight is 412 g/mol. The number of hydrogen-bond donors (Lipinski definition) is 1. The molecular weight excluding hydrogens is 396 g/mol. The van der Waals surface area contributed by atoms with Crippen molar-refractivity contribution >= 4 is 37.8 Å². The fraction of sp³-hybridized carbons (Fsp3) is 0.250. The number of hydrogen-bond acceptors (Lipinski definition) is 2. The molecule has 0 bridgehead atoms. The Bertz CT molecular complexity index is 646. The van der Waals surface area contributed by atoms with Gasteiger partial charge in [-0.2, -0.15) is 0 Å². The van der Waals surface area contributed by atoms with Crippen molar-refractivity contribution in [1.82, 2.24) is 10.3 Å². The summed E-state index contributed by atoms with van der Waals surface area (Å²) in [6.07, 6.45) is 1.72. The molecule has 0 saturated carbocycles. The Balaban J connectivity index is 2.30. The van der Waals surface area contributed by atoms with Crippen LogP contribution in [0.25, 0.3) is 0 Å². The number of benzene rings is 1. The van der Waals surface area contributed by atoms with Gasteiger partial charge in [0.2, 0.25) is 0 Å². The second kappa shape index (κ2) is 6.28. The minimum atomic E-state index is -0.553. The van der Waals surface area contributed by atoms with E-state index in [1.165, 1.54) is 0 Å². The van der Waals surface area contributed by atoms with Gasteiger partial charge in [0.1, 0.15) is 0 Å². The molecule has 0 atom stereocenters. The molecular formula is C16H16Br2N2O. The molecule has 0 spiro atoms. The molecule has 0 aliphatic carbocycles. The van der Waals surface area contributed by atoms with E-state index >= 15 is 0 Å². The number of rotatable bonds is 3. The first-order chi connectivity index (χ1) is 9.81. The van der Waals surface area contributed by atoms with Gasteiger partial charge in [-0.1, -0.05) is 6.07 Å². The predicted octanol–water partition coefficient (Wildman–Crippen LogP) is 4.58. The van der Waals surface area contributed by atoms with Gasteiger partial charge in [-0.15, -0.1) is 0 Å². The third-order valence-electron chi connectivity index (χ3n) is 3.14. The van der Waals surface area contributed by atoms with Crippen LogP contribution in [-0.4, -0.2) is 10.9 Å². The number of carbonyl (C=O) groups excluding carboxylic acids is 1. The molecule has 3 nitrogen and oxygen atoms in total. The molecule has 1 N–H and O–H groups in total. The zero-order valence-corrected chi connectivity index (χ0v) is 15.2. The summed E-state index contributed by atoms with van der Waals surface area (Å²) in [6, 6.07) is 9.52. The van der Waals surface area contributed by atoms with Crippen LogP contribution in [0.15, 0.2) is 45.5 Å². The number of aryl methyl sites for hydroxylation is 1. The molecule has 0 fully saturated rings. The Kier molecular flexibility index (Phi) is 4.84. The lowest BCUT2D eigenvalue weighted by atomic mass is 9.99. The van der Waals surface area contributed by atoms with Gasteiger partial charge in [0.25, 0.3) is 5.91 Å². The molecule has 5 heteroatoms. The van der Waals surface area contributed by atoms with E-state index in [0.717, 1.165) is 20.2 Å². The smallest absolute Gasteiger partial charge is 0.254 e. The van der Waals surface area contributed by atoms with Crippen LogP contribution in [0.5, 0.6) is 0 Å². The van der Waals surface area contributed by atoms with Crippen LogP contribution in [0.2, 0.25) is 0 Å². The Hall–Kier alpha value is -1.20. The fourth-order valence-electron chi connectivity index (χ4n) is 2.06. The lowest BCUT2D eigenvalue weighted by molar-refractivity contribution is 0.0908. The summed E-state index contributed by atoms with van der Waals surface area (Å²) in [7, 11) is 0. The Labute approximate surface area is 141 Å². The topological polar surface area (TPSA) is 42.0 Å².